The molecule has 0 atom stereocenters. The largest absolute Gasteiger partial charge is 0.311 e. The third-order valence-electron chi connectivity index (χ3n) is 11.0. The maximum Gasteiger partial charge on any atom is 0.187 e. The van der Waals surface area contributed by atoms with E-state index in [1.807, 2.05) is 12.1 Å². The summed E-state index contributed by atoms with van der Waals surface area (Å²) < 4.78 is 0. The number of hydrogen-bond donors (Lipinski definition) is 0. The molecule has 0 aromatic heterocycles. The van der Waals surface area contributed by atoms with Gasteiger partial charge in [0.05, 0.1) is 6.57 Å². The maximum atomic E-state index is 7.60. The number of anilines is 3. The van der Waals surface area contributed by atoms with E-state index in [1.54, 1.807) is 0 Å². The van der Waals surface area contributed by atoms with Crippen LogP contribution in [0.1, 0.15) is 25.0 Å². The smallest absolute Gasteiger partial charge is 0.187 e. The van der Waals surface area contributed by atoms with Crippen molar-refractivity contribution >= 4 is 73.1 Å². The molecule has 8 aromatic carbocycles. The highest BCUT2D eigenvalue weighted by Crippen LogP contribution is 2.51. The molecule has 242 valence electrons. The first-order valence-corrected chi connectivity index (χ1v) is 19.6. The molecule has 0 N–H and O–H groups in total. The van der Waals surface area contributed by atoms with Crippen molar-refractivity contribution in [2.24, 2.45) is 0 Å². The Balaban J connectivity index is 1.26. The highest BCUT2D eigenvalue weighted by molar-refractivity contribution is 7.19. The van der Waals surface area contributed by atoms with E-state index in [-0.39, 0.29) is 5.41 Å². The lowest BCUT2D eigenvalue weighted by Crippen LogP contribution is -2.74. The molecule has 8 aromatic rings. The molecule has 0 bridgehead atoms. The van der Waals surface area contributed by atoms with Gasteiger partial charge in [-0.1, -0.05) is 159 Å². The molecule has 51 heavy (non-hydrogen) atoms. The molecule has 3 heteroatoms. The average molecular weight is 669 g/mol. The summed E-state index contributed by atoms with van der Waals surface area (Å²) in [5.74, 6) is 0. The predicted molar refractivity (Wildman–Crippen MR) is 218 cm³/mol. The zero-order valence-electron chi connectivity index (χ0n) is 28.7. The van der Waals surface area contributed by atoms with Gasteiger partial charge in [0, 0.05) is 22.5 Å². The van der Waals surface area contributed by atoms with Crippen LogP contribution >= 0.6 is 0 Å². The van der Waals surface area contributed by atoms with Gasteiger partial charge in [0.25, 0.3) is 0 Å². The van der Waals surface area contributed by atoms with E-state index in [1.165, 1.54) is 53.4 Å². The Hall–Kier alpha value is -6.21. The third kappa shape index (κ3) is 4.76. The monoisotopic (exact) mass is 668 g/mol. The molecule has 1 aliphatic rings. The van der Waals surface area contributed by atoms with E-state index in [0.717, 1.165) is 17.1 Å². The van der Waals surface area contributed by atoms with E-state index in [9.17, 15) is 0 Å². The fraction of sp³-hybridized carbons (Fsp3) is 0.0625. The van der Waals surface area contributed by atoms with Gasteiger partial charge in [0.1, 0.15) is 0 Å². The normalized spacial score (nSPS) is 13.0. The van der Waals surface area contributed by atoms with E-state index < -0.39 is 8.07 Å². The molecule has 0 amide bonds. The minimum Gasteiger partial charge on any atom is -0.311 e. The molecule has 0 heterocycles. The first-order chi connectivity index (χ1) is 25.0. The van der Waals surface area contributed by atoms with Gasteiger partial charge < -0.3 is 4.90 Å². The Bertz CT molecular complexity index is 2490. The van der Waals surface area contributed by atoms with E-state index >= 15 is 0 Å². The van der Waals surface area contributed by atoms with Gasteiger partial charge in [0.15, 0.2) is 13.8 Å². The second-order valence-electron chi connectivity index (χ2n) is 14.0. The van der Waals surface area contributed by atoms with Crippen molar-refractivity contribution in [1.82, 2.24) is 0 Å². The summed E-state index contributed by atoms with van der Waals surface area (Å²) in [4.78, 5) is 6.05. The van der Waals surface area contributed by atoms with Crippen LogP contribution in [0.15, 0.2) is 182 Å². The molecule has 0 fully saturated rings. The van der Waals surface area contributed by atoms with Crippen LogP contribution in [0, 0.1) is 6.57 Å². The van der Waals surface area contributed by atoms with Crippen LogP contribution in [-0.2, 0) is 5.41 Å². The fourth-order valence-corrected chi connectivity index (χ4v) is 13.3. The molecule has 0 saturated heterocycles. The molecule has 0 saturated carbocycles. The van der Waals surface area contributed by atoms with Gasteiger partial charge >= 0.3 is 0 Å². The number of benzene rings is 8. The SMILES string of the molecule is [C-]#[N+]c1ccc(N(c2ccc([Si](c3ccccc3)(c3ccccc3)c3ccccc3)cc2)c2cc3c4c(ccc5cccc(c54)C3(C)C)c2)cc1. The lowest BCUT2D eigenvalue weighted by Gasteiger charge is -2.35. The van der Waals surface area contributed by atoms with Crippen LogP contribution in [0.25, 0.3) is 26.4 Å². The van der Waals surface area contributed by atoms with Crippen LogP contribution < -0.4 is 25.6 Å². The summed E-state index contributed by atoms with van der Waals surface area (Å²) in [6.45, 7) is 12.3. The summed E-state index contributed by atoms with van der Waals surface area (Å²) >= 11 is 0. The lowest BCUT2D eigenvalue weighted by molar-refractivity contribution is 0.663. The summed E-state index contributed by atoms with van der Waals surface area (Å²) in [5.41, 5.74) is 6.45. The van der Waals surface area contributed by atoms with Gasteiger partial charge in [-0.05, 0) is 89.8 Å². The van der Waals surface area contributed by atoms with Crippen molar-refractivity contribution in [2.45, 2.75) is 19.3 Å². The van der Waals surface area contributed by atoms with Gasteiger partial charge in [-0.3, -0.25) is 0 Å². The second kappa shape index (κ2) is 12.0. The highest BCUT2D eigenvalue weighted by Gasteiger charge is 2.41. The average Bonchev–Trinajstić information content (AvgIpc) is 3.43. The van der Waals surface area contributed by atoms with Crippen LogP contribution in [0.3, 0.4) is 0 Å². The Morgan fingerprint density at radius 3 is 1.49 bits per heavy atom. The van der Waals surface area contributed by atoms with E-state index in [2.05, 4.69) is 193 Å². The van der Waals surface area contributed by atoms with Crippen molar-refractivity contribution in [3.05, 3.63) is 205 Å². The quantitative estimate of drug-likeness (QED) is 0.0710. The molecule has 0 radical (unpaired) electrons. The predicted octanol–water partition coefficient (Wildman–Crippen LogP) is 10.0. The van der Waals surface area contributed by atoms with Crippen molar-refractivity contribution in [2.75, 3.05) is 4.90 Å². The maximum absolute atomic E-state index is 7.60. The molecule has 0 aliphatic heterocycles. The van der Waals surface area contributed by atoms with Gasteiger partial charge in [-0.2, -0.15) is 0 Å². The van der Waals surface area contributed by atoms with Crippen molar-refractivity contribution in [3.8, 4) is 0 Å². The zero-order valence-corrected chi connectivity index (χ0v) is 29.7. The minimum absolute atomic E-state index is 0.132. The van der Waals surface area contributed by atoms with Gasteiger partial charge in [-0.25, -0.2) is 4.85 Å². The second-order valence-corrected chi connectivity index (χ2v) is 17.9. The van der Waals surface area contributed by atoms with Gasteiger partial charge in [-0.15, -0.1) is 0 Å². The molecular formula is C48H36N2Si. The summed E-state index contributed by atoms with van der Waals surface area (Å²) in [6, 6.07) is 66.5. The standard InChI is InChI=1S/C48H36N2Si/c1-48(2)44-21-13-14-34-22-23-35-32-39(33-45(48)47(35)46(34)44)50(37-26-24-36(49-3)25-27-37)38-28-30-43(31-29-38)51(40-15-7-4-8-16-40,41-17-9-5-10-18-41)42-19-11-6-12-20-42/h4-33H,1-2H3. The lowest BCUT2D eigenvalue weighted by atomic mass is 9.81. The number of nitrogens with zero attached hydrogens (tertiary/aromatic N) is 2. The third-order valence-corrected chi connectivity index (χ3v) is 15.8. The number of rotatable bonds is 7. The topological polar surface area (TPSA) is 7.60 Å². The van der Waals surface area contributed by atoms with Crippen LogP contribution in [-0.4, -0.2) is 8.07 Å². The zero-order chi connectivity index (χ0) is 34.6. The molecule has 0 spiro atoms. The Morgan fingerprint density at radius 2 is 0.941 bits per heavy atom. The Kier molecular flexibility index (Phi) is 7.24. The first kappa shape index (κ1) is 30.8. The number of hydrogen-bond acceptors (Lipinski definition) is 1. The van der Waals surface area contributed by atoms with Gasteiger partial charge in [0.2, 0.25) is 0 Å². The summed E-state index contributed by atoms with van der Waals surface area (Å²) in [7, 11) is -2.67. The van der Waals surface area contributed by atoms with Crippen molar-refractivity contribution < 1.29 is 0 Å². The van der Waals surface area contributed by atoms with Crippen molar-refractivity contribution in [1.29, 1.82) is 0 Å². The fourth-order valence-electron chi connectivity index (χ4n) is 8.56. The first-order valence-electron chi connectivity index (χ1n) is 17.6. The summed E-state index contributed by atoms with van der Waals surface area (Å²) in [5, 5.41) is 10.7. The molecule has 1 aliphatic carbocycles. The molecular weight excluding hydrogens is 633 g/mol. The summed E-state index contributed by atoms with van der Waals surface area (Å²) in [6.07, 6.45) is 0. The minimum atomic E-state index is -2.67. The molecule has 9 rings (SSSR count). The van der Waals surface area contributed by atoms with E-state index in [4.69, 9.17) is 6.57 Å². The van der Waals surface area contributed by atoms with Crippen molar-refractivity contribution in [3.63, 3.8) is 0 Å². The van der Waals surface area contributed by atoms with Crippen LogP contribution in [0.2, 0.25) is 0 Å². The van der Waals surface area contributed by atoms with Crippen LogP contribution in [0.5, 0.6) is 0 Å². The Morgan fingerprint density at radius 1 is 0.451 bits per heavy atom. The molecule has 0 unspecified atom stereocenters. The van der Waals surface area contributed by atoms with Crippen LogP contribution in [0.4, 0.5) is 22.7 Å². The van der Waals surface area contributed by atoms with E-state index in [0.29, 0.717) is 5.69 Å². The highest BCUT2D eigenvalue weighted by atomic mass is 28.3. The Labute approximate surface area is 300 Å². The molecule has 2 nitrogen and oxygen atoms in total.